The van der Waals surface area contributed by atoms with Crippen LogP contribution in [-0.4, -0.2) is 4.92 Å². The molecular weight excluding hydrogens is 208 g/mol. The summed E-state index contributed by atoms with van der Waals surface area (Å²) in [5.41, 5.74) is 8.55. The van der Waals surface area contributed by atoms with Gasteiger partial charge >= 0.3 is 0 Å². The number of halogens is 1. The van der Waals surface area contributed by atoms with Crippen LogP contribution in [-0.2, 0) is 6.54 Å². The molecule has 0 bridgehead atoms. The predicted molar refractivity (Wildman–Crippen MR) is 51.0 cm³/mol. The molecule has 0 amide bonds. The lowest BCUT2D eigenvalue weighted by Gasteiger charge is -1.98. The Morgan fingerprint density at radius 1 is 1.64 bits per heavy atom. The number of nitro benzene ring substituents is 1. The Labute approximate surface area is 83.9 Å². The normalized spacial score (nSPS) is 9.21. The van der Waals surface area contributed by atoms with Crippen molar-refractivity contribution in [3.63, 3.8) is 0 Å². The molecule has 72 valence electrons. The van der Waals surface area contributed by atoms with Gasteiger partial charge in [-0.3, -0.25) is 10.1 Å². The lowest BCUT2D eigenvalue weighted by Crippen LogP contribution is -1.89. The smallest absolute Gasteiger partial charge is 0.258 e. The third-order valence-corrected chi connectivity index (χ3v) is 1.90. The van der Waals surface area contributed by atoms with E-state index in [9.17, 15) is 10.1 Å². The molecule has 7 heteroatoms. The number of hydrogen-bond donors (Lipinski definition) is 0. The molecule has 6 nitrogen and oxygen atoms in total. The van der Waals surface area contributed by atoms with Gasteiger partial charge in [-0.05, 0) is 11.1 Å². The molecule has 0 aliphatic rings. The van der Waals surface area contributed by atoms with Crippen LogP contribution in [0.3, 0.4) is 0 Å². The number of benzene rings is 1. The van der Waals surface area contributed by atoms with Gasteiger partial charge in [-0.15, -0.1) is 0 Å². The third kappa shape index (κ3) is 2.35. The van der Waals surface area contributed by atoms with Gasteiger partial charge in [-0.1, -0.05) is 22.8 Å². The predicted octanol–water partition coefficient (Wildman–Crippen LogP) is 3.06. The summed E-state index contributed by atoms with van der Waals surface area (Å²) in [6, 6.07) is 4.01. The van der Waals surface area contributed by atoms with Crippen molar-refractivity contribution in [3.05, 3.63) is 49.3 Å². The first-order valence-corrected chi connectivity index (χ1v) is 3.96. The second-order valence-electron chi connectivity index (χ2n) is 2.42. The number of non-ortho nitro benzene ring substituents is 1. The molecule has 0 spiro atoms. The molecule has 0 unspecified atom stereocenters. The van der Waals surface area contributed by atoms with E-state index in [0.717, 1.165) is 0 Å². The van der Waals surface area contributed by atoms with Crippen molar-refractivity contribution in [1.29, 1.82) is 0 Å². The summed E-state index contributed by atoms with van der Waals surface area (Å²) in [4.78, 5) is 12.4. The highest BCUT2D eigenvalue weighted by molar-refractivity contribution is 6.31. The molecule has 0 saturated heterocycles. The van der Waals surface area contributed by atoms with Crippen LogP contribution in [0.2, 0.25) is 5.02 Å². The maximum absolute atomic E-state index is 10.3. The van der Waals surface area contributed by atoms with E-state index in [4.69, 9.17) is 17.1 Å². The van der Waals surface area contributed by atoms with Crippen molar-refractivity contribution in [2.45, 2.75) is 6.54 Å². The van der Waals surface area contributed by atoms with Crippen LogP contribution in [0, 0.1) is 10.1 Å². The Bertz CT molecular complexity index is 414. The van der Waals surface area contributed by atoms with Gasteiger partial charge in [0.25, 0.3) is 5.69 Å². The van der Waals surface area contributed by atoms with Crippen LogP contribution >= 0.6 is 11.6 Å². The average molecular weight is 213 g/mol. The Balaban J connectivity index is 3.00. The van der Waals surface area contributed by atoms with Gasteiger partial charge in [-0.2, -0.15) is 0 Å². The summed E-state index contributed by atoms with van der Waals surface area (Å²) in [7, 11) is 0. The second kappa shape index (κ2) is 4.45. The number of rotatable bonds is 3. The minimum atomic E-state index is -0.538. The van der Waals surface area contributed by atoms with E-state index in [-0.39, 0.29) is 17.3 Å². The van der Waals surface area contributed by atoms with E-state index >= 15 is 0 Å². The molecule has 0 N–H and O–H groups in total. The Morgan fingerprint density at radius 2 is 2.36 bits per heavy atom. The van der Waals surface area contributed by atoms with Crippen LogP contribution in [0.4, 0.5) is 5.69 Å². The standard InChI is InChI=1S/C7H5ClN4O2/c8-7-3-6(12(13)14)2-1-5(7)4-10-11-9/h1-3H,4H2. The van der Waals surface area contributed by atoms with Crippen LogP contribution in [0.1, 0.15) is 5.56 Å². The fourth-order valence-corrected chi connectivity index (χ4v) is 1.12. The second-order valence-corrected chi connectivity index (χ2v) is 2.83. The molecule has 0 radical (unpaired) electrons. The number of nitrogens with zero attached hydrogens (tertiary/aromatic N) is 4. The zero-order chi connectivity index (χ0) is 10.6. The molecule has 0 heterocycles. The van der Waals surface area contributed by atoms with Gasteiger partial charge < -0.3 is 0 Å². The molecular formula is C7H5ClN4O2. The quantitative estimate of drug-likeness (QED) is 0.253. The molecule has 0 aliphatic heterocycles. The number of nitro groups is 1. The minimum absolute atomic E-state index is 0.0836. The molecule has 0 atom stereocenters. The lowest BCUT2D eigenvalue weighted by molar-refractivity contribution is -0.384. The van der Waals surface area contributed by atoms with Crippen molar-refractivity contribution in [1.82, 2.24) is 0 Å². The van der Waals surface area contributed by atoms with Crippen molar-refractivity contribution in [2.75, 3.05) is 0 Å². The van der Waals surface area contributed by atoms with E-state index in [2.05, 4.69) is 10.0 Å². The molecule has 1 aromatic rings. The lowest BCUT2D eigenvalue weighted by atomic mass is 10.2. The Kier molecular flexibility index (Phi) is 3.28. The highest BCUT2D eigenvalue weighted by Gasteiger charge is 2.08. The third-order valence-electron chi connectivity index (χ3n) is 1.55. The van der Waals surface area contributed by atoms with Crippen molar-refractivity contribution < 1.29 is 4.92 Å². The van der Waals surface area contributed by atoms with Crippen molar-refractivity contribution in [2.24, 2.45) is 5.11 Å². The average Bonchev–Trinajstić information content (AvgIpc) is 2.15. The maximum Gasteiger partial charge on any atom is 0.270 e. The van der Waals surface area contributed by atoms with Gasteiger partial charge in [0.15, 0.2) is 0 Å². The monoisotopic (exact) mass is 212 g/mol. The summed E-state index contributed by atoms with van der Waals surface area (Å²) >= 11 is 5.72. The molecule has 0 aliphatic carbocycles. The van der Waals surface area contributed by atoms with E-state index in [1.165, 1.54) is 18.2 Å². The topological polar surface area (TPSA) is 91.9 Å². The van der Waals surface area contributed by atoms with E-state index in [0.29, 0.717) is 5.56 Å². The van der Waals surface area contributed by atoms with E-state index in [1.54, 1.807) is 0 Å². The van der Waals surface area contributed by atoms with Crippen molar-refractivity contribution in [3.8, 4) is 0 Å². The first-order chi connectivity index (χ1) is 6.65. The van der Waals surface area contributed by atoms with Gasteiger partial charge in [0.1, 0.15) is 0 Å². The summed E-state index contributed by atoms with van der Waals surface area (Å²) < 4.78 is 0. The molecule has 0 saturated carbocycles. The summed E-state index contributed by atoms with van der Waals surface area (Å²) in [5.74, 6) is 0. The fourth-order valence-electron chi connectivity index (χ4n) is 0.886. The summed E-state index contributed by atoms with van der Waals surface area (Å²) in [6.07, 6.45) is 0. The van der Waals surface area contributed by atoms with Crippen molar-refractivity contribution >= 4 is 17.3 Å². The number of hydrogen-bond acceptors (Lipinski definition) is 3. The Morgan fingerprint density at radius 3 is 2.86 bits per heavy atom. The zero-order valence-corrected chi connectivity index (χ0v) is 7.68. The highest BCUT2D eigenvalue weighted by atomic mass is 35.5. The minimum Gasteiger partial charge on any atom is -0.258 e. The van der Waals surface area contributed by atoms with E-state index in [1.807, 2.05) is 0 Å². The molecule has 1 rings (SSSR count). The van der Waals surface area contributed by atoms with Crippen LogP contribution in [0.25, 0.3) is 10.4 Å². The van der Waals surface area contributed by atoms with Gasteiger partial charge in [0.2, 0.25) is 0 Å². The largest absolute Gasteiger partial charge is 0.270 e. The molecule has 1 aromatic carbocycles. The zero-order valence-electron chi connectivity index (χ0n) is 6.92. The van der Waals surface area contributed by atoms with Crippen LogP contribution in [0.15, 0.2) is 23.3 Å². The SMILES string of the molecule is [N-]=[N+]=NCc1ccc([N+](=O)[O-])cc1Cl. The Hall–Kier alpha value is -1.78. The van der Waals surface area contributed by atoms with Crippen LogP contribution < -0.4 is 0 Å². The van der Waals surface area contributed by atoms with Gasteiger partial charge in [0.05, 0.1) is 16.5 Å². The van der Waals surface area contributed by atoms with E-state index < -0.39 is 4.92 Å². The highest BCUT2D eigenvalue weighted by Crippen LogP contribution is 2.22. The first-order valence-electron chi connectivity index (χ1n) is 3.59. The summed E-state index contributed by atoms with van der Waals surface area (Å²) in [5, 5.41) is 13.9. The van der Waals surface area contributed by atoms with Gasteiger partial charge in [-0.25, -0.2) is 0 Å². The molecule has 0 aromatic heterocycles. The fraction of sp³-hybridized carbons (Fsp3) is 0.143. The number of azide groups is 1. The maximum atomic E-state index is 10.3. The molecule has 0 fully saturated rings. The van der Waals surface area contributed by atoms with Gasteiger partial charge in [0, 0.05) is 17.0 Å². The summed E-state index contributed by atoms with van der Waals surface area (Å²) in [6.45, 7) is 0.0906. The van der Waals surface area contributed by atoms with Crippen LogP contribution in [0.5, 0.6) is 0 Å². The molecule has 14 heavy (non-hydrogen) atoms. The first kappa shape index (κ1) is 10.3.